The molecule has 3 rings (SSSR count). The highest BCUT2D eigenvalue weighted by molar-refractivity contribution is 7.13. The molecule has 0 atom stereocenters. The monoisotopic (exact) mass is 310 g/mol. The van der Waals surface area contributed by atoms with Crippen LogP contribution in [-0.2, 0) is 4.79 Å². The first kappa shape index (κ1) is 14.2. The Morgan fingerprint density at radius 1 is 1.32 bits per heavy atom. The van der Waals surface area contributed by atoms with Gasteiger partial charge >= 0.3 is 0 Å². The van der Waals surface area contributed by atoms with Gasteiger partial charge in [0.25, 0.3) is 0 Å². The van der Waals surface area contributed by atoms with Crippen molar-refractivity contribution in [2.24, 2.45) is 0 Å². The van der Waals surface area contributed by atoms with E-state index in [1.165, 1.54) is 17.4 Å². The fourth-order valence-corrected chi connectivity index (χ4v) is 2.57. The predicted octanol–water partition coefficient (Wildman–Crippen LogP) is 3.29. The summed E-state index contributed by atoms with van der Waals surface area (Å²) in [6.45, 7) is 1.89. The molecule has 0 saturated carbocycles. The summed E-state index contributed by atoms with van der Waals surface area (Å²) in [6, 6.07) is 9.81. The molecule has 0 unspecified atom stereocenters. The van der Waals surface area contributed by atoms with Crippen molar-refractivity contribution in [3.05, 3.63) is 65.4 Å². The SMILES string of the molecule is Cc1csc(NC(=O)C=Cc2cnn(-c3ccccc3)c2)n1. The van der Waals surface area contributed by atoms with Crippen LogP contribution < -0.4 is 5.32 Å². The second-order valence-electron chi connectivity index (χ2n) is 4.67. The molecule has 0 saturated heterocycles. The molecule has 0 spiro atoms. The normalized spacial score (nSPS) is 11.0. The van der Waals surface area contributed by atoms with E-state index in [9.17, 15) is 4.79 Å². The Morgan fingerprint density at radius 3 is 2.86 bits per heavy atom. The Bertz CT molecular complexity index is 804. The molecule has 1 aromatic carbocycles. The number of hydrogen-bond acceptors (Lipinski definition) is 4. The van der Waals surface area contributed by atoms with Gasteiger partial charge in [-0.25, -0.2) is 9.67 Å². The summed E-state index contributed by atoms with van der Waals surface area (Å²) in [4.78, 5) is 16.0. The largest absolute Gasteiger partial charge is 0.298 e. The Morgan fingerprint density at radius 2 is 2.14 bits per heavy atom. The van der Waals surface area contributed by atoms with Crippen molar-refractivity contribution < 1.29 is 4.79 Å². The average molecular weight is 310 g/mol. The zero-order valence-electron chi connectivity index (χ0n) is 11.9. The van der Waals surface area contributed by atoms with Gasteiger partial charge in [-0.3, -0.25) is 10.1 Å². The number of benzene rings is 1. The summed E-state index contributed by atoms with van der Waals surface area (Å²) in [7, 11) is 0. The third-order valence-corrected chi connectivity index (χ3v) is 3.78. The molecule has 0 aliphatic rings. The topological polar surface area (TPSA) is 59.8 Å². The number of hydrogen-bond donors (Lipinski definition) is 1. The average Bonchev–Trinajstić information content (AvgIpc) is 3.15. The zero-order valence-corrected chi connectivity index (χ0v) is 12.7. The van der Waals surface area contributed by atoms with E-state index in [2.05, 4.69) is 15.4 Å². The maximum atomic E-state index is 11.8. The summed E-state index contributed by atoms with van der Waals surface area (Å²) in [6.07, 6.45) is 6.78. The number of nitrogens with one attached hydrogen (secondary N) is 1. The molecule has 3 aromatic rings. The third kappa shape index (κ3) is 3.48. The van der Waals surface area contributed by atoms with Crippen molar-refractivity contribution in [3.63, 3.8) is 0 Å². The molecule has 0 fully saturated rings. The van der Waals surface area contributed by atoms with Crippen LogP contribution in [0.25, 0.3) is 11.8 Å². The number of rotatable bonds is 4. The van der Waals surface area contributed by atoms with Crippen LogP contribution in [0, 0.1) is 6.92 Å². The van der Waals surface area contributed by atoms with Crippen LogP contribution in [0.1, 0.15) is 11.3 Å². The minimum absolute atomic E-state index is 0.207. The van der Waals surface area contributed by atoms with Crippen molar-refractivity contribution in [1.82, 2.24) is 14.8 Å². The van der Waals surface area contributed by atoms with Gasteiger partial charge in [-0.2, -0.15) is 5.10 Å². The quantitative estimate of drug-likeness (QED) is 0.752. The maximum Gasteiger partial charge on any atom is 0.250 e. The van der Waals surface area contributed by atoms with Gasteiger partial charge in [-0.1, -0.05) is 18.2 Å². The molecule has 5 nitrogen and oxygen atoms in total. The summed E-state index contributed by atoms with van der Waals surface area (Å²) >= 11 is 1.41. The molecule has 22 heavy (non-hydrogen) atoms. The fraction of sp³-hybridized carbons (Fsp3) is 0.0625. The van der Waals surface area contributed by atoms with Crippen molar-refractivity contribution in [3.8, 4) is 5.69 Å². The van der Waals surface area contributed by atoms with Crippen LogP contribution in [0.15, 0.2) is 54.2 Å². The van der Waals surface area contributed by atoms with E-state index >= 15 is 0 Å². The Labute approximate surface area is 131 Å². The van der Waals surface area contributed by atoms with Gasteiger partial charge in [0, 0.05) is 23.2 Å². The number of para-hydroxylation sites is 1. The van der Waals surface area contributed by atoms with E-state index in [-0.39, 0.29) is 5.91 Å². The highest BCUT2D eigenvalue weighted by Crippen LogP contribution is 2.14. The number of aryl methyl sites for hydroxylation is 1. The van der Waals surface area contributed by atoms with Gasteiger partial charge in [0.1, 0.15) is 0 Å². The van der Waals surface area contributed by atoms with E-state index in [0.29, 0.717) is 5.13 Å². The van der Waals surface area contributed by atoms with Crippen molar-refractivity contribution in [2.75, 3.05) is 5.32 Å². The zero-order chi connectivity index (χ0) is 15.4. The first-order valence-corrected chi connectivity index (χ1v) is 7.60. The highest BCUT2D eigenvalue weighted by atomic mass is 32.1. The van der Waals surface area contributed by atoms with E-state index in [4.69, 9.17) is 0 Å². The lowest BCUT2D eigenvalue weighted by Gasteiger charge is -1.98. The van der Waals surface area contributed by atoms with E-state index < -0.39 is 0 Å². The highest BCUT2D eigenvalue weighted by Gasteiger charge is 2.02. The molecular formula is C16H14N4OS. The van der Waals surface area contributed by atoms with E-state index in [1.54, 1.807) is 17.0 Å². The number of aromatic nitrogens is 3. The van der Waals surface area contributed by atoms with Gasteiger partial charge < -0.3 is 0 Å². The minimum atomic E-state index is -0.207. The number of amides is 1. The molecule has 0 radical (unpaired) electrons. The van der Waals surface area contributed by atoms with Crippen LogP contribution in [-0.4, -0.2) is 20.7 Å². The molecule has 0 aliphatic heterocycles. The summed E-state index contributed by atoms with van der Waals surface area (Å²) < 4.78 is 1.77. The maximum absolute atomic E-state index is 11.8. The van der Waals surface area contributed by atoms with Crippen molar-refractivity contribution in [2.45, 2.75) is 6.92 Å². The van der Waals surface area contributed by atoms with Crippen LogP contribution >= 0.6 is 11.3 Å². The molecule has 1 N–H and O–H groups in total. The fourth-order valence-electron chi connectivity index (χ4n) is 1.88. The smallest absolute Gasteiger partial charge is 0.250 e. The van der Waals surface area contributed by atoms with E-state index in [1.807, 2.05) is 48.8 Å². The first-order valence-electron chi connectivity index (χ1n) is 6.72. The second-order valence-corrected chi connectivity index (χ2v) is 5.53. The Hall–Kier alpha value is -2.73. The Balaban J connectivity index is 1.66. The number of thiazole rings is 1. The van der Waals surface area contributed by atoms with Gasteiger partial charge in [-0.05, 0) is 25.1 Å². The number of anilines is 1. The van der Waals surface area contributed by atoms with E-state index in [0.717, 1.165) is 16.9 Å². The molecule has 0 aliphatic carbocycles. The molecule has 2 heterocycles. The van der Waals surface area contributed by atoms with Gasteiger partial charge in [0.15, 0.2) is 5.13 Å². The number of nitrogens with zero attached hydrogens (tertiary/aromatic N) is 3. The minimum Gasteiger partial charge on any atom is -0.298 e. The van der Waals surface area contributed by atoms with Gasteiger partial charge in [0.2, 0.25) is 5.91 Å². The van der Waals surface area contributed by atoms with Gasteiger partial charge in [-0.15, -0.1) is 11.3 Å². The van der Waals surface area contributed by atoms with Gasteiger partial charge in [0.05, 0.1) is 17.6 Å². The standard InChI is InChI=1S/C16H14N4OS/c1-12-11-22-16(18-12)19-15(21)8-7-13-9-17-20(10-13)14-5-3-2-4-6-14/h2-11H,1H3,(H,18,19,21). The molecular weight excluding hydrogens is 296 g/mol. The lowest BCUT2D eigenvalue weighted by molar-refractivity contribution is -0.111. The second kappa shape index (κ2) is 6.36. The van der Waals surface area contributed by atoms with Crippen LogP contribution in [0.2, 0.25) is 0 Å². The molecule has 2 aromatic heterocycles. The van der Waals surface area contributed by atoms with Crippen LogP contribution in [0.4, 0.5) is 5.13 Å². The molecule has 1 amide bonds. The van der Waals surface area contributed by atoms with Crippen LogP contribution in [0.5, 0.6) is 0 Å². The lowest BCUT2D eigenvalue weighted by atomic mass is 10.3. The molecule has 0 bridgehead atoms. The van der Waals surface area contributed by atoms with Crippen molar-refractivity contribution in [1.29, 1.82) is 0 Å². The number of carbonyl (C=O) groups is 1. The Kier molecular flexibility index (Phi) is 4.11. The van der Waals surface area contributed by atoms with Crippen molar-refractivity contribution >= 4 is 28.5 Å². The lowest BCUT2D eigenvalue weighted by Crippen LogP contribution is -2.07. The van der Waals surface area contributed by atoms with Crippen LogP contribution in [0.3, 0.4) is 0 Å². The number of carbonyl (C=O) groups excluding carboxylic acids is 1. The summed E-state index contributed by atoms with van der Waals surface area (Å²) in [5.74, 6) is -0.207. The third-order valence-electron chi connectivity index (χ3n) is 2.90. The first-order chi connectivity index (χ1) is 10.7. The summed E-state index contributed by atoms with van der Waals surface area (Å²) in [5, 5.41) is 9.50. The summed E-state index contributed by atoms with van der Waals surface area (Å²) in [5.41, 5.74) is 2.73. The molecule has 110 valence electrons. The molecule has 6 heteroatoms. The predicted molar refractivity (Wildman–Crippen MR) is 88.1 cm³/mol.